The molecule has 0 saturated carbocycles. The summed E-state index contributed by atoms with van der Waals surface area (Å²) in [6, 6.07) is 19.0. The number of hydrogen-bond donors (Lipinski definition) is 0. The van der Waals surface area contributed by atoms with Gasteiger partial charge in [0.15, 0.2) is 17.5 Å². The highest BCUT2D eigenvalue weighted by atomic mass is 79.9. The molecule has 1 fully saturated rings. The summed E-state index contributed by atoms with van der Waals surface area (Å²) in [6.45, 7) is 2.16. The number of benzene rings is 3. The second-order valence-electron chi connectivity index (χ2n) is 8.03. The van der Waals surface area contributed by atoms with Gasteiger partial charge in [-0.25, -0.2) is 4.79 Å². The predicted molar refractivity (Wildman–Crippen MR) is 157 cm³/mol. The third kappa shape index (κ3) is 6.23. The summed E-state index contributed by atoms with van der Waals surface area (Å²) in [5.74, 6) is 0.0575. The molecule has 1 saturated heterocycles. The van der Waals surface area contributed by atoms with E-state index in [1.54, 1.807) is 49.4 Å². The van der Waals surface area contributed by atoms with Crippen LogP contribution in [0.3, 0.4) is 0 Å². The number of hydrogen-bond acceptors (Lipinski definition) is 7. The fourth-order valence-corrected chi connectivity index (χ4v) is 5.91. The van der Waals surface area contributed by atoms with E-state index < -0.39 is 12.0 Å². The molecule has 1 atom stereocenters. The summed E-state index contributed by atoms with van der Waals surface area (Å²) in [4.78, 5) is 28.1. The van der Waals surface area contributed by atoms with Crippen molar-refractivity contribution in [1.29, 1.82) is 0 Å². The van der Waals surface area contributed by atoms with Crippen LogP contribution in [0.1, 0.15) is 29.7 Å². The first-order valence-corrected chi connectivity index (χ1v) is 14.0. The molecule has 6 nitrogen and oxygen atoms in total. The fraction of sp³-hybridized carbons (Fsp3) is 0.179. The Morgan fingerprint density at radius 2 is 1.87 bits per heavy atom. The first-order valence-electron chi connectivity index (χ1n) is 11.6. The normalized spacial score (nSPS) is 15.1. The van der Waals surface area contributed by atoms with Crippen molar-refractivity contribution < 1.29 is 23.8 Å². The molecule has 0 aliphatic carbocycles. The van der Waals surface area contributed by atoms with Gasteiger partial charge >= 0.3 is 5.97 Å². The van der Waals surface area contributed by atoms with E-state index in [1.165, 1.54) is 12.0 Å². The van der Waals surface area contributed by atoms with Crippen LogP contribution in [0.2, 0.25) is 5.02 Å². The molecule has 0 N–H and O–H groups in total. The van der Waals surface area contributed by atoms with Crippen molar-refractivity contribution in [3.8, 4) is 11.5 Å². The molecule has 1 unspecified atom stereocenters. The Labute approximate surface area is 244 Å². The lowest BCUT2D eigenvalue weighted by atomic mass is 10.1. The number of ether oxygens (including phenoxy) is 3. The van der Waals surface area contributed by atoms with Crippen LogP contribution in [0.4, 0.5) is 0 Å². The molecule has 0 radical (unpaired) electrons. The lowest BCUT2D eigenvalue weighted by Gasteiger charge is -2.25. The van der Waals surface area contributed by atoms with E-state index in [0.29, 0.717) is 37.0 Å². The number of amides is 1. The van der Waals surface area contributed by atoms with Crippen molar-refractivity contribution in [2.45, 2.75) is 19.6 Å². The van der Waals surface area contributed by atoms with E-state index in [2.05, 4.69) is 15.9 Å². The number of thiocarbonyl (C=S) groups is 1. The van der Waals surface area contributed by atoms with E-state index >= 15 is 0 Å². The Bertz CT molecular complexity index is 1400. The van der Waals surface area contributed by atoms with Crippen LogP contribution in [-0.4, -0.2) is 34.8 Å². The van der Waals surface area contributed by atoms with Gasteiger partial charge in [0.05, 0.1) is 23.1 Å². The Morgan fingerprint density at radius 3 is 2.55 bits per heavy atom. The highest BCUT2D eigenvalue weighted by Crippen LogP contribution is 2.41. The third-order valence-electron chi connectivity index (χ3n) is 5.59. The van der Waals surface area contributed by atoms with Crippen molar-refractivity contribution >= 4 is 73.8 Å². The number of methoxy groups -OCH3 is 1. The molecular weight excluding hydrogens is 610 g/mol. The first-order chi connectivity index (χ1) is 18.3. The molecule has 1 aliphatic rings. The summed E-state index contributed by atoms with van der Waals surface area (Å²) in [7, 11) is 1.54. The summed E-state index contributed by atoms with van der Waals surface area (Å²) < 4.78 is 17.8. The standard InChI is InChI=1S/C28H23BrClNO5S2/c1-3-35-27(33)24(18-9-5-4-6-10-18)31-26(32)23(38-28(31)37)15-17-13-20(29)25(22(14-17)34-2)36-16-19-11-7-8-12-21(19)30/h4-15,24H,3,16H2,1-2H3/b23-15-. The molecule has 3 aromatic carbocycles. The van der Waals surface area contributed by atoms with Gasteiger partial charge in [0.25, 0.3) is 5.91 Å². The average molecular weight is 633 g/mol. The van der Waals surface area contributed by atoms with Crippen LogP contribution in [0.25, 0.3) is 6.08 Å². The smallest absolute Gasteiger partial charge is 0.333 e. The molecular formula is C28H23BrClNO5S2. The predicted octanol–water partition coefficient (Wildman–Crippen LogP) is 7.20. The molecule has 0 aromatic heterocycles. The van der Waals surface area contributed by atoms with Gasteiger partial charge in [-0.3, -0.25) is 9.69 Å². The van der Waals surface area contributed by atoms with Crippen molar-refractivity contribution in [3.63, 3.8) is 0 Å². The van der Waals surface area contributed by atoms with Crippen LogP contribution in [0.5, 0.6) is 11.5 Å². The molecule has 0 spiro atoms. The second-order valence-corrected chi connectivity index (χ2v) is 11.0. The van der Waals surface area contributed by atoms with E-state index in [4.69, 9.17) is 38.0 Å². The van der Waals surface area contributed by atoms with Crippen molar-refractivity contribution in [3.05, 3.63) is 97.8 Å². The number of carbonyl (C=O) groups excluding carboxylic acids is 2. The maximum Gasteiger partial charge on any atom is 0.333 e. The number of nitrogens with zero attached hydrogens (tertiary/aromatic N) is 1. The first kappa shape index (κ1) is 28.2. The highest BCUT2D eigenvalue weighted by molar-refractivity contribution is 9.10. The van der Waals surface area contributed by atoms with Crippen LogP contribution < -0.4 is 9.47 Å². The zero-order chi connectivity index (χ0) is 27.2. The van der Waals surface area contributed by atoms with E-state index in [1.807, 2.05) is 30.3 Å². The van der Waals surface area contributed by atoms with Crippen molar-refractivity contribution in [2.75, 3.05) is 13.7 Å². The molecule has 38 heavy (non-hydrogen) atoms. The number of halogens is 2. The summed E-state index contributed by atoms with van der Waals surface area (Å²) in [6.07, 6.45) is 1.71. The van der Waals surface area contributed by atoms with Gasteiger partial charge in [0.2, 0.25) is 0 Å². The van der Waals surface area contributed by atoms with Gasteiger partial charge in [-0.1, -0.05) is 84.1 Å². The number of carbonyl (C=O) groups is 2. The Morgan fingerprint density at radius 1 is 1.16 bits per heavy atom. The average Bonchev–Trinajstić information content (AvgIpc) is 3.17. The topological polar surface area (TPSA) is 65.1 Å². The minimum atomic E-state index is -0.976. The van der Waals surface area contributed by atoms with Gasteiger partial charge in [0, 0.05) is 10.6 Å². The van der Waals surface area contributed by atoms with E-state index in [9.17, 15) is 9.59 Å². The minimum absolute atomic E-state index is 0.186. The molecule has 1 aliphatic heterocycles. The highest BCUT2D eigenvalue weighted by Gasteiger charge is 2.42. The molecule has 196 valence electrons. The third-order valence-corrected chi connectivity index (χ3v) is 7.87. The lowest BCUT2D eigenvalue weighted by molar-refractivity contribution is -0.151. The molecule has 10 heteroatoms. The number of rotatable bonds is 9. The largest absolute Gasteiger partial charge is 0.493 e. The fourth-order valence-electron chi connectivity index (χ4n) is 3.83. The number of esters is 1. The van der Waals surface area contributed by atoms with Gasteiger partial charge in [0.1, 0.15) is 10.9 Å². The molecule has 3 aromatic rings. The maximum atomic E-state index is 13.5. The Balaban J connectivity index is 1.61. The SMILES string of the molecule is CCOC(=O)C(c1ccccc1)N1C(=O)/C(=C/c2cc(Br)c(OCc3ccccc3Cl)c(OC)c2)SC1=S. The van der Waals surface area contributed by atoms with Crippen molar-refractivity contribution in [2.24, 2.45) is 0 Å². The van der Waals surface area contributed by atoms with Gasteiger partial charge in [-0.05, 0) is 58.3 Å². The maximum absolute atomic E-state index is 13.5. The minimum Gasteiger partial charge on any atom is -0.493 e. The Hall–Kier alpha value is -2.85. The van der Waals surface area contributed by atoms with Crippen LogP contribution in [0.15, 0.2) is 76.1 Å². The Kier molecular flexibility index (Phi) is 9.49. The molecule has 0 bridgehead atoms. The van der Waals surface area contributed by atoms with Crippen LogP contribution >= 0.6 is 51.5 Å². The monoisotopic (exact) mass is 631 g/mol. The van der Waals surface area contributed by atoms with Crippen LogP contribution in [-0.2, 0) is 20.9 Å². The second kappa shape index (κ2) is 12.8. The number of thioether (sulfide) groups is 1. The van der Waals surface area contributed by atoms with E-state index in [0.717, 1.165) is 17.3 Å². The molecule has 1 heterocycles. The van der Waals surface area contributed by atoms with Crippen LogP contribution in [0, 0.1) is 0 Å². The summed E-state index contributed by atoms with van der Waals surface area (Å²) in [5.41, 5.74) is 2.14. The summed E-state index contributed by atoms with van der Waals surface area (Å²) in [5, 5.41) is 0.609. The summed E-state index contributed by atoms with van der Waals surface area (Å²) >= 11 is 16.5. The van der Waals surface area contributed by atoms with Gasteiger partial charge < -0.3 is 14.2 Å². The molecule has 4 rings (SSSR count). The molecule has 1 amide bonds. The zero-order valence-electron chi connectivity index (χ0n) is 20.5. The lowest BCUT2D eigenvalue weighted by Crippen LogP contribution is -2.38. The van der Waals surface area contributed by atoms with E-state index in [-0.39, 0.29) is 23.4 Å². The zero-order valence-corrected chi connectivity index (χ0v) is 24.5. The van der Waals surface area contributed by atoms with Gasteiger partial charge in [-0.15, -0.1) is 0 Å². The van der Waals surface area contributed by atoms with Gasteiger partial charge in [-0.2, -0.15) is 0 Å². The van der Waals surface area contributed by atoms with Crippen molar-refractivity contribution in [1.82, 2.24) is 4.90 Å². The quantitative estimate of drug-likeness (QED) is 0.141.